The predicted octanol–water partition coefficient (Wildman–Crippen LogP) is 2.03. The molecular weight excluding hydrogens is 210 g/mol. The number of anilines is 1. The van der Waals surface area contributed by atoms with Crippen molar-refractivity contribution in [2.75, 3.05) is 18.5 Å². The molecule has 0 aromatic heterocycles. The summed E-state index contributed by atoms with van der Waals surface area (Å²) in [5, 5.41) is 3.55. The molecule has 0 amide bonds. The van der Waals surface area contributed by atoms with Gasteiger partial charge >= 0.3 is 0 Å². The molecule has 0 radical (unpaired) electrons. The number of fused-ring (bicyclic) bond motifs is 1. The maximum Gasteiger partial charge on any atom is 0.198 e. The van der Waals surface area contributed by atoms with Crippen LogP contribution in [0.2, 0.25) is 0 Å². The van der Waals surface area contributed by atoms with Crippen molar-refractivity contribution >= 4 is 11.6 Å². The molecule has 0 bridgehead atoms. The van der Waals surface area contributed by atoms with Crippen molar-refractivity contribution in [3.8, 4) is 0 Å². The smallest absolute Gasteiger partial charge is 0.198 e. The Balaban J connectivity index is 1.80. The minimum Gasteiger partial charge on any atom is -0.353 e. The van der Waals surface area contributed by atoms with E-state index in [-0.39, 0.29) is 0 Å². The first-order chi connectivity index (χ1) is 8.29. The van der Waals surface area contributed by atoms with Crippen LogP contribution in [0.5, 0.6) is 0 Å². The van der Waals surface area contributed by atoms with Gasteiger partial charge in [0.2, 0.25) is 0 Å². The van der Waals surface area contributed by atoms with Gasteiger partial charge in [-0.25, -0.2) is 0 Å². The average Bonchev–Trinajstić information content (AvgIpc) is 2.90. The van der Waals surface area contributed by atoms with Crippen LogP contribution >= 0.6 is 0 Å². The summed E-state index contributed by atoms with van der Waals surface area (Å²) in [5.41, 5.74) is 2.74. The zero-order valence-electron chi connectivity index (χ0n) is 10.5. The van der Waals surface area contributed by atoms with Crippen molar-refractivity contribution < 1.29 is 0 Å². The van der Waals surface area contributed by atoms with Crippen LogP contribution in [-0.4, -0.2) is 25.6 Å². The second kappa shape index (κ2) is 4.06. The molecule has 1 saturated carbocycles. The van der Waals surface area contributed by atoms with Crippen LogP contribution in [-0.2, 0) is 6.42 Å². The van der Waals surface area contributed by atoms with Crippen LogP contribution in [0.15, 0.2) is 29.3 Å². The van der Waals surface area contributed by atoms with Gasteiger partial charge in [-0.2, -0.15) is 0 Å². The van der Waals surface area contributed by atoms with E-state index >= 15 is 0 Å². The molecule has 90 valence electrons. The zero-order chi connectivity index (χ0) is 11.8. The quantitative estimate of drug-likeness (QED) is 0.589. The van der Waals surface area contributed by atoms with E-state index in [1.165, 1.54) is 17.7 Å². The molecule has 1 aliphatic carbocycles. The summed E-state index contributed by atoms with van der Waals surface area (Å²) < 4.78 is 0. The van der Waals surface area contributed by atoms with Crippen LogP contribution in [0.3, 0.4) is 0 Å². The Morgan fingerprint density at radius 1 is 1.41 bits per heavy atom. The zero-order valence-corrected chi connectivity index (χ0v) is 10.5. The molecule has 3 heteroatoms. The average molecular weight is 229 g/mol. The number of guanidine groups is 1. The largest absolute Gasteiger partial charge is 0.353 e. The summed E-state index contributed by atoms with van der Waals surface area (Å²) in [6, 6.07) is 9.24. The molecule has 0 saturated heterocycles. The summed E-state index contributed by atoms with van der Waals surface area (Å²) in [6.07, 6.45) is 2.39. The molecule has 2 atom stereocenters. The molecule has 0 spiro atoms. The van der Waals surface area contributed by atoms with Crippen LogP contribution in [0, 0.1) is 5.92 Å². The number of benzene rings is 1. The van der Waals surface area contributed by atoms with Crippen molar-refractivity contribution in [2.24, 2.45) is 10.9 Å². The molecular formula is C14H19N3. The van der Waals surface area contributed by atoms with Crippen molar-refractivity contribution in [3.63, 3.8) is 0 Å². The highest BCUT2D eigenvalue weighted by Crippen LogP contribution is 2.31. The summed E-state index contributed by atoms with van der Waals surface area (Å²) in [7, 11) is 1.87. The first kappa shape index (κ1) is 10.6. The van der Waals surface area contributed by atoms with Crippen LogP contribution in [0.25, 0.3) is 0 Å². The highest BCUT2D eigenvalue weighted by molar-refractivity contribution is 5.98. The predicted molar refractivity (Wildman–Crippen MR) is 71.6 cm³/mol. The Morgan fingerprint density at radius 2 is 2.18 bits per heavy atom. The third kappa shape index (κ3) is 1.90. The lowest BCUT2D eigenvalue weighted by atomic mass is 10.2. The van der Waals surface area contributed by atoms with Gasteiger partial charge < -0.3 is 10.2 Å². The van der Waals surface area contributed by atoms with Gasteiger partial charge in [0.25, 0.3) is 0 Å². The maximum atomic E-state index is 4.41. The van der Waals surface area contributed by atoms with E-state index < -0.39 is 0 Å². The number of rotatable bonds is 1. The first-order valence-electron chi connectivity index (χ1n) is 6.38. The molecule has 1 aromatic carbocycles. The van der Waals surface area contributed by atoms with Gasteiger partial charge in [0.15, 0.2) is 5.96 Å². The topological polar surface area (TPSA) is 27.6 Å². The minimum atomic E-state index is 0.626. The molecule has 3 nitrogen and oxygen atoms in total. The number of nitrogens with one attached hydrogen (secondary N) is 1. The Morgan fingerprint density at radius 3 is 2.88 bits per heavy atom. The number of nitrogens with zero attached hydrogens (tertiary/aromatic N) is 2. The van der Waals surface area contributed by atoms with Crippen molar-refractivity contribution in [1.82, 2.24) is 5.32 Å². The highest BCUT2D eigenvalue weighted by atomic mass is 15.3. The second-order valence-electron chi connectivity index (χ2n) is 5.04. The Kier molecular flexibility index (Phi) is 2.54. The summed E-state index contributed by atoms with van der Waals surface area (Å²) >= 11 is 0. The second-order valence-corrected chi connectivity index (χ2v) is 5.04. The molecule has 2 unspecified atom stereocenters. The van der Waals surface area contributed by atoms with Gasteiger partial charge in [0.05, 0.1) is 0 Å². The number of hydrogen-bond donors (Lipinski definition) is 1. The summed E-state index contributed by atoms with van der Waals surface area (Å²) in [5.74, 6) is 1.83. The van der Waals surface area contributed by atoms with Gasteiger partial charge in [-0.1, -0.05) is 25.1 Å². The van der Waals surface area contributed by atoms with E-state index in [1.54, 1.807) is 0 Å². The standard InChI is InChI=1S/C14H19N3/c1-10-9-12(10)16-14(15-2)17-8-7-11-5-3-4-6-13(11)17/h3-6,10,12H,7-9H2,1-2H3,(H,15,16). The van der Waals surface area contributed by atoms with Crippen LogP contribution in [0.1, 0.15) is 18.9 Å². The lowest BCUT2D eigenvalue weighted by Crippen LogP contribution is -2.42. The summed E-state index contributed by atoms with van der Waals surface area (Å²) in [4.78, 5) is 6.72. The monoisotopic (exact) mass is 229 g/mol. The lowest BCUT2D eigenvalue weighted by molar-refractivity contribution is 0.793. The van der Waals surface area contributed by atoms with Gasteiger partial charge in [-0.3, -0.25) is 4.99 Å². The summed E-state index contributed by atoms with van der Waals surface area (Å²) in [6.45, 7) is 3.32. The van der Waals surface area contributed by atoms with Gasteiger partial charge in [0.1, 0.15) is 0 Å². The van der Waals surface area contributed by atoms with E-state index in [9.17, 15) is 0 Å². The fourth-order valence-corrected chi connectivity index (χ4v) is 2.51. The fraction of sp³-hybridized carbons (Fsp3) is 0.500. The van der Waals surface area contributed by atoms with Crippen molar-refractivity contribution in [3.05, 3.63) is 29.8 Å². The third-order valence-corrected chi connectivity index (χ3v) is 3.78. The number of aliphatic imine (C=N–C) groups is 1. The van der Waals surface area contributed by atoms with Crippen LogP contribution in [0.4, 0.5) is 5.69 Å². The molecule has 3 rings (SSSR count). The Hall–Kier alpha value is -1.51. The molecule has 1 heterocycles. The van der Waals surface area contributed by atoms with E-state index in [0.717, 1.165) is 24.8 Å². The SMILES string of the molecule is CN=C(NC1CC1C)N1CCc2ccccc21. The Bertz CT molecular complexity index is 453. The normalized spacial score (nSPS) is 26.9. The number of para-hydroxylation sites is 1. The van der Waals surface area contributed by atoms with Crippen molar-refractivity contribution in [1.29, 1.82) is 0 Å². The van der Waals surface area contributed by atoms with Gasteiger partial charge in [-0.05, 0) is 30.4 Å². The number of hydrogen-bond acceptors (Lipinski definition) is 1. The molecule has 1 fully saturated rings. The molecule has 17 heavy (non-hydrogen) atoms. The lowest BCUT2D eigenvalue weighted by Gasteiger charge is -2.22. The molecule has 2 aliphatic rings. The minimum absolute atomic E-state index is 0.626. The van der Waals surface area contributed by atoms with Crippen LogP contribution < -0.4 is 10.2 Å². The third-order valence-electron chi connectivity index (χ3n) is 3.78. The molecule has 1 aromatic rings. The fourth-order valence-electron chi connectivity index (χ4n) is 2.51. The molecule has 1 N–H and O–H groups in total. The highest BCUT2D eigenvalue weighted by Gasteiger charge is 2.35. The van der Waals surface area contributed by atoms with E-state index in [0.29, 0.717) is 6.04 Å². The molecule has 1 aliphatic heterocycles. The van der Waals surface area contributed by atoms with E-state index in [1.807, 2.05) is 7.05 Å². The van der Waals surface area contributed by atoms with E-state index in [4.69, 9.17) is 0 Å². The van der Waals surface area contributed by atoms with Gasteiger partial charge in [0, 0.05) is 25.3 Å². The van der Waals surface area contributed by atoms with Gasteiger partial charge in [-0.15, -0.1) is 0 Å². The Labute approximate surface area is 103 Å². The maximum absolute atomic E-state index is 4.41. The van der Waals surface area contributed by atoms with Crippen molar-refractivity contribution in [2.45, 2.75) is 25.8 Å². The first-order valence-corrected chi connectivity index (χ1v) is 6.38. The van der Waals surface area contributed by atoms with E-state index in [2.05, 4.69) is 46.4 Å².